The number of hydrazine groups is 1. The number of alkyl halides is 3. The third-order valence-corrected chi connectivity index (χ3v) is 6.15. The van der Waals surface area contributed by atoms with Crippen molar-refractivity contribution in [2.75, 3.05) is 20.1 Å². The van der Waals surface area contributed by atoms with Crippen molar-refractivity contribution in [1.82, 2.24) is 10.0 Å². The minimum absolute atomic E-state index is 0.0513. The first kappa shape index (κ1) is 20.6. The molecule has 0 amide bonds. The van der Waals surface area contributed by atoms with E-state index < -0.39 is 12.7 Å². The summed E-state index contributed by atoms with van der Waals surface area (Å²) in [5, 5.41) is 3.40. The molecule has 1 aromatic rings. The molecule has 1 saturated carbocycles. The summed E-state index contributed by atoms with van der Waals surface area (Å²) >= 11 is 0. The van der Waals surface area contributed by atoms with Crippen molar-refractivity contribution >= 4 is 6.79 Å². The van der Waals surface area contributed by atoms with E-state index in [0.717, 1.165) is 25.7 Å². The predicted molar refractivity (Wildman–Crippen MR) is 96.6 cm³/mol. The highest BCUT2D eigenvalue weighted by atomic mass is 19.4. The molecule has 3 aliphatic rings. The molecule has 144 valence electrons. The Kier molecular flexibility index (Phi) is 6.29. The molecule has 1 aromatic carbocycles. The van der Waals surface area contributed by atoms with Gasteiger partial charge in [-0.2, -0.15) is 13.2 Å². The molecule has 1 unspecified atom stereocenters. The lowest BCUT2D eigenvalue weighted by Gasteiger charge is -2.62. The Hall–Kier alpha value is -1.66. The van der Waals surface area contributed by atoms with Crippen molar-refractivity contribution in [3.8, 4) is 0 Å². The number of carbonyl (C=O) groups is 1. The Morgan fingerprint density at radius 3 is 1.92 bits per heavy atom. The van der Waals surface area contributed by atoms with Crippen LogP contribution in [0.5, 0.6) is 0 Å². The van der Waals surface area contributed by atoms with Crippen molar-refractivity contribution in [1.29, 1.82) is 0 Å². The van der Waals surface area contributed by atoms with Gasteiger partial charge in [-0.1, -0.05) is 24.3 Å². The minimum Gasteiger partial charge on any atom is -0.307 e. The summed E-state index contributed by atoms with van der Waals surface area (Å²) in [5.41, 5.74) is 2.75. The SMILES string of the molecule is C=C.C=O.CN1N(CC(F)(F)F)CC12[C@@H]1CC[C@H]2Cc2ccccc2C1. The summed E-state index contributed by atoms with van der Waals surface area (Å²) in [4.78, 5) is 8.00. The van der Waals surface area contributed by atoms with E-state index in [9.17, 15) is 13.2 Å². The average molecular weight is 368 g/mol. The zero-order valence-electron chi connectivity index (χ0n) is 15.3. The lowest BCUT2D eigenvalue weighted by atomic mass is 9.75. The average Bonchev–Trinajstić information content (AvgIpc) is 2.89. The number of carbonyl (C=O) groups excluding carboxylic acids is 1. The molecule has 3 nitrogen and oxygen atoms in total. The zero-order valence-corrected chi connectivity index (χ0v) is 15.3. The van der Waals surface area contributed by atoms with Gasteiger partial charge in [0.2, 0.25) is 0 Å². The summed E-state index contributed by atoms with van der Waals surface area (Å²) in [7, 11) is 1.86. The Morgan fingerprint density at radius 1 is 1.08 bits per heavy atom. The van der Waals surface area contributed by atoms with E-state index in [-0.39, 0.29) is 5.54 Å². The number of halogens is 3. The van der Waals surface area contributed by atoms with Crippen molar-refractivity contribution in [3.63, 3.8) is 0 Å². The molecule has 26 heavy (non-hydrogen) atoms. The third-order valence-electron chi connectivity index (χ3n) is 6.15. The first-order valence-corrected chi connectivity index (χ1v) is 8.81. The lowest BCUT2D eigenvalue weighted by Crippen LogP contribution is -2.76. The van der Waals surface area contributed by atoms with Crippen molar-refractivity contribution < 1.29 is 18.0 Å². The summed E-state index contributed by atoms with van der Waals surface area (Å²) in [6, 6.07) is 8.53. The molecule has 1 saturated heterocycles. The molecule has 2 aliphatic carbocycles. The fraction of sp³-hybridized carbons (Fsp3) is 0.550. The largest absolute Gasteiger partial charge is 0.402 e. The van der Waals surface area contributed by atoms with Crippen LogP contribution in [0.2, 0.25) is 0 Å². The van der Waals surface area contributed by atoms with Crippen LogP contribution >= 0.6 is 0 Å². The maximum atomic E-state index is 12.7. The summed E-state index contributed by atoms with van der Waals surface area (Å²) in [6.45, 7) is 7.74. The number of hydrogen-bond acceptors (Lipinski definition) is 3. The Balaban J connectivity index is 0.000000570. The van der Waals surface area contributed by atoms with Gasteiger partial charge in [-0.3, -0.25) is 0 Å². The van der Waals surface area contributed by atoms with E-state index in [2.05, 4.69) is 37.4 Å². The standard InChI is InChI=1S/C17H21F3N2.C2H4.CH2O/c1-21-16(10-22(21)11-17(18,19)20)14-6-7-15(16)9-13-5-3-2-4-12(13)8-14;2*1-2/h2-5,14-15H,6-11H2,1H3;1-2H2;1H2/t14-,15+,16?;;. The van der Waals surface area contributed by atoms with Crippen molar-refractivity contribution in [2.24, 2.45) is 11.8 Å². The molecule has 1 aliphatic heterocycles. The molecule has 4 rings (SSSR count). The van der Waals surface area contributed by atoms with Crippen LogP contribution in [0.3, 0.4) is 0 Å². The van der Waals surface area contributed by atoms with E-state index in [1.807, 2.05) is 18.8 Å². The normalized spacial score (nSPS) is 30.2. The number of hydrogen-bond donors (Lipinski definition) is 0. The van der Waals surface area contributed by atoms with Crippen molar-refractivity contribution in [2.45, 2.75) is 37.4 Å². The molecule has 2 bridgehead atoms. The van der Waals surface area contributed by atoms with E-state index in [1.54, 1.807) is 0 Å². The van der Waals surface area contributed by atoms with Crippen LogP contribution in [0.1, 0.15) is 24.0 Å². The van der Waals surface area contributed by atoms with E-state index >= 15 is 0 Å². The monoisotopic (exact) mass is 368 g/mol. The second-order valence-corrected chi connectivity index (χ2v) is 7.10. The number of fused-ring (bicyclic) bond motifs is 1. The molecule has 2 fully saturated rings. The van der Waals surface area contributed by atoms with Crippen LogP contribution in [0, 0.1) is 11.8 Å². The summed E-state index contributed by atoms with van der Waals surface area (Å²) in [6.07, 6.45) is 0.183. The third kappa shape index (κ3) is 3.45. The fourth-order valence-electron chi connectivity index (χ4n) is 5.12. The molecule has 6 heteroatoms. The van der Waals surface area contributed by atoms with E-state index in [4.69, 9.17) is 4.79 Å². The zero-order chi connectivity index (χ0) is 19.5. The van der Waals surface area contributed by atoms with Gasteiger partial charge in [-0.15, -0.1) is 13.2 Å². The van der Waals surface area contributed by atoms with Gasteiger partial charge in [0, 0.05) is 13.6 Å². The van der Waals surface area contributed by atoms with E-state index in [0.29, 0.717) is 18.4 Å². The quantitative estimate of drug-likeness (QED) is 0.703. The number of rotatable bonds is 1. The maximum absolute atomic E-state index is 12.7. The molecular weight excluding hydrogens is 341 g/mol. The predicted octanol–water partition coefficient (Wildman–Crippen LogP) is 3.89. The molecule has 0 aromatic heterocycles. The molecule has 0 N–H and O–H groups in total. The first-order valence-electron chi connectivity index (χ1n) is 8.81. The van der Waals surface area contributed by atoms with Crippen LogP contribution in [0.15, 0.2) is 37.4 Å². The van der Waals surface area contributed by atoms with Crippen LogP contribution in [0.4, 0.5) is 13.2 Å². The number of likely N-dealkylation sites (N-methyl/N-ethyl adjacent to an activating group) is 1. The maximum Gasteiger partial charge on any atom is 0.402 e. The van der Waals surface area contributed by atoms with Crippen LogP contribution in [-0.4, -0.2) is 48.7 Å². The Bertz CT molecular complexity index is 584. The second-order valence-electron chi connectivity index (χ2n) is 7.10. The van der Waals surface area contributed by atoms with Gasteiger partial charge in [0.15, 0.2) is 0 Å². The van der Waals surface area contributed by atoms with Crippen LogP contribution in [0.25, 0.3) is 0 Å². The molecular formula is C20H27F3N2O. The number of nitrogens with zero attached hydrogens (tertiary/aromatic N) is 2. The summed E-state index contributed by atoms with van der Waals surface area (Å²) in [5.74, 6) is 0.964. The minimum atomic E-state index is -4.12. The first-order chi connectivity index (χ1) is 12.4. The van der Waals surface area contributed by atoms with Gasteiger partial charge in [0.05, 0.1) is 5.54 Å². The van der Waals surface area contributed by atoms with Gasteiger partial charge in [0.1, 0.15) is 13.3 Å². The Morgan fingerprint density at radius 2 is 1.54 bits per heavy atom. The molecule has 1 spiro atoms. The topological polar surface area (TPSA) is 23.6 Å². The fourth-order valence-corrected chi connectivity index (χ4v) is 5.12. The number of benzene rings is 1. The van der Waals surface area contributed by atoms with Gasteiger partial charge >= 0.3 is 6.18 Å². The van der Waals surface area contributed by atoms with Gasteiger partial charge in [-0.05, 0) is 48.6 Å². The van der Waals surface area contributed by atoms with Crippen LogP contribution in [-0.2, 0) is 17.6 Å². The van der Waals surface area contributed by atoms with Gasteiger partial charge < -0.3 is 4.79 Å². The van der Waals surface area contributed by atoms with Crippen molar-refractivity contribution in [3.05, 3.63) is 48.6 Å². The smallest absolute Gasteiger partial charge is 0.307 e. The molecule has 1 heterocycles. The summed E-state index contributed by atoms with van der Waals surface area (Å²) < 4.78 is 38.1. The van der Waals surface area contributed by atoms with Gasteiger partial charge in [-0.25, -0.2) is 10.0 Å². The second kappa shape index (κ2) is 7.92. The highest BCUT2D eigenvalue weighted by Gasteiger charge is 2.62. The molecule has 0 radical (unpaired) electrons. The molecule has 3 atom stereocenters. The van der Waals surface area contributed by atoms with Crippen LogP contribution < -0.4 is 0 Å². The highest BCUT2D eigenvalue weighted by Crippen LogP contribution is 2.54. The van der Waals surface area contributed by atoms with Gasteiger partial charge in [0.25, 0.3) is 0 Å². The lowest BCUT2D eigenvalue weighted by molar-refractivity contribution is -0.277. The highest BCUT2D eigenvalue weighted by molar-refractivity contribution is 5.33. The van der Waals surface area contributed by atoms with E-state index in [1.165, 1.54) is 16.1 Å². The Labute approximate surface area is 153 Å².